The van der Waals surface area contributed by atoms with E-state index < -0.39 is 0 Å². The van der Waals surface area contributed by atoms with Crippen molar-refractivity contribution in [2.24, 2.45) is 0 Å². The number of rotatable bonds is 16. The summed E-state index contributed by atoms with van der Waals surface area (Å²) in [7, 11) is 0. The quantitative estimate of drug-likeness (QED) is 0.230. The first kappa shape index (κ1) is 25.0. The van der Waals surface area contributed by atoms with Gasteiger partial charge in [-0.15, -0.1) is 0 Å². The Morgan fingerprint density at radius 2 is 1.12 bits per heavy atom. The minimum absolute atomic E-state index is 0.0513. The molecule has 152 valence electrons. The van der Waals surface area contributed by atoms with Gasteiger partial charge in [-0.2, -0.15) is 0 Å². The van der Waals surface area contributed by atoms with E-state index in [0.29, 0.717) is 17.9 Å². The first-order valence-corrected chi connectivity index (χ1v) is 10.5. The van der Waals surface area contributed by atoms with Gasteiger partial charge in [0.15, 0.2) is 0 Å². The number of hydrogen-bond donors (Lipinski definition) is 0. The van der Waals surface area contributed by atoms with Crippen LogP contribution in [0.1, 0.15) is 97.8 Å². The number of halogens is 1. The molecule has 0 aromatic rings. The van der Waals surface area contributed by atoms with Gasteiger partial charge >= 0.3 is 11.9 Å². The molecule has 0 aromatic carbocycles. The number of unbranched alkanes of at least 4 members (excludes halogenated alkanes) is 8. The van der Waals surface area contributed by atoms with E-state index in [2.05, 4.69) is 13.8 Å². The summed E-state index contributed by atoms with van der Waals surface area (Å²) < 4.78 is 10.4. The van der Waals surface area contributed by atoms with E-state index in [1.54, 1.807) is 6.92 Å². The minimum Gasteiger partial charge on any atom is -0.461 e. The first-order valence-electron chi connectivity index (χ1n) is 10.2. The van der Waals surface area contributed by atoms with Crippen molar-refractivity contribution in [1.82, 2.24) is 0 Å². The highest BCUT2D eigenvalue weighted by atomic mass is 35.5. The van der Waals surface area contributed by atoms with E-state index in [0.717, 1.165) is 37.7 Å². The van der Waals surface area contributed by atoms with Crippen molar-refractivity contribution in [1.29, 1.82) is 0 Å². The molecule has 0 bridgehead atoms. The Kier molecular flexibility index (Phi) is 16.7. The highest BCUT2D eigenvalue weighted by molar-refractivity contribution is 6.30. The molecule has 0 aliphatic heterocycles. The van der Waals surface area contributed by atoms with Gasteiger partial charge in [-0.05, 0) is 25.3 Å². The highest BCUT2D eigenvalue weighted by Crippen LogP contribution is 2.13. The predicted octanol–water partition coefficient (Wildman–Crippen LogP) is 6.31. The summed E-state index contributed by atoms with van der Waals surface area (Å²) in [6.45, 7) is 6.32. The lowest BCUT2D eigenvalue weighted by atomic mass is 10.1. The van der Waals surface area contributed by atoms with Crippen molar-refractivity contribution in [2.45, 2.75) is 97.8 Å². The maximum Gasteiger partial charge on any atom is 0.306 e. The summed E-state index contributed by atoms with van der Waals surface area (Å²) in [5.74, 6) is -0.425. The lowest BCUT2D eigenvalue weighted by Crippen LogP contribution is -2.10. The SMILES string of the molecule is CCCCCCCC(=O)OC/C(C)=C(\Cl)COC(=O)CCCCCCC. The molecule has 0 amide bonds. The van der Waals surface area contributed by atoms with Crippen LogP contribution in [0.15, 0.2) is 10.6 Å². The van der Waals surface area contributed by atoms with Crippen molar-refractivity contribution in [3.05, 3.63) is 10.6 Å². The van der Waals surface area contributed by atoms with Crippen LogP contribution in [-0.4, -0.2) is 25.2 Å². The van der Waals surface area contributed by atoms with Crippen LogP contribution in [0.4, 0.5) is 0 Å². The predicted molar refractivity (Wildman–Crippen MR) is 107 cm³/mol. The maximum absolute atomic E-state index is 11.7. The first-order chi connectivity index (χ1) is 12.5. The van der Waals surface area contributed by atoms with E-state index >= 15 is 0 Å². The zero-order valence-corrected chi connectivity index (χ0v) is 17.7. The fraction of sp³-hybridized carbons (Fsp3) is 0.810. The third-order valence-electron chi connectivity index (χ3n) is 4.24. The summed E-state index contributed by atoms with van der Waals surface area (Å²) >= 11 is 6.13. The molecule has 26 heavy (non-hydrogen) atoms. The molecule has 0 spiro atoms. The average molecular weight is 389 g/mol. The van der Waals surface area contributed by atoms with Crippen molar-refractivity contribution in [3.8, 4) is 0 Å². The van der Waals surface area contributed by atoms with E-state index in [9.17, 15) is 9.59 Å². The molecule has 0 rings (SSSR count). The lowest BCUT2D eigenvalue weighted by molar-refractivity contribution is -0.144. The van der Waals surface area contributed by atoms with Gasteiger partial charge in [0.1, 0.15) is 13.2 Å². The molecular weight excluding hydrogens is 352 g/mol. The Balaban J connectivity index is 3.85. The molecule has 0 fully saturated rings. The third-order valence-corrected chi connectivity index (χ3v) is 4.67. The molecule has 0 unspecified atom stereocenters. The maximum atomic E-state index is 11.7. The molecule has 0 saturated heterocycles. The van der Waals surface area contributed by atoms with Gasteiger partial charge in [-0.3, -0.25) is 9.59 Å². The Bertz CT molecular complexity index is 380. The van der Waals surface area contributed by atoms with Gasteiger partial charge in [0, 0.05) is 12.8 Å². The summed E-state index contributed by atoms with van der Waals surface area (Å²) in [5, 5.41) is 0.431. The van der Waals surface area contributed by atoms with E-state index in [4.69, 9.17) is 21.1 Å². The van der Waals surface area contributed by atoms with E-state index in [1.165, 1.54) is 32.1 Å². The number of ether oxygens (including phenoxy) is 2. The van der Waals surface area contributed by atoms with Gasteiger partial charge in [0.2, 0.25) is 0 Å². The molecule has 0 atom stereocenters. The van der Waals surface area contributed by atoms with Crippen molar-refractivity contribution >= 4 is 23.5 Å². The number of carbonyl (C=O) groups is 2. The molecule has 0 N–H and O–H groups in total. The molecule has 0 radical (unpaired) electrons. The van der Waals surface area contributed by atoms with Gasteiger partial charge in [0.05, 0.1) is 5.03 Å². The van der Waals surface area contributed by atoms with E-state index in [-0.39, 0.29) is 25.2 Å². The number of carbonyl (C=O) groups excluding carboxylic acids is 2. The molecular formula is C21H37ClO4. The van der Waals surface area contributed by atoms with Gasteiger partial charge < -0.3 is 9.47 Å². The largest absolute Gasteiger partial charge is 0.461 e. The zero-order chi connectivity index (χ0) is 19.6. The van der Waals surface area contributed by atoms with Crippen LogP contribution in [-0.2, 0) is 19.1 Å². The Hall–Kier alpha value is -1.03. The minimum atomic E-state index is -0.225. The molecule has 5 heteroatoms. The Morgan fingerprint density at radius 3 is 1.58 bits per heavy atom. The monoisotopic (exact) mass is 388 g/mol. The van der Waals surface area contributed by atoms with Gasteiger partial charge in [-0.1, -0.05) is 76.8 Å². The molecule has 0 aliphatic rings. The molecule has 0 heterocycles. The fourth-order valence-electron chi connectivity index (χ4n) is 2.42. The second kappa shape index (κ2) is 17.4. The fourth-order valence-corrected chi connectivity index (χ4v) is 2.53. The molecule has 4 nitrogen and oxygen atoms in total. The third kappa shape index (κ3) is 15.2. The van der Waals surface area contributed by atoms with Crippen LogP contribution in [0.3, 0.4) is 0 Å². The van der Waals surface area contributed by atoms with Crippen molar-refractivity contribution in [3.63, 3.8) is 0 Å². The van der Waals surface area contributed by atoms with Gasteiger partial charge in [-0.25, -0.2) is 0 Å². The number of esters is 2. The topological polar surface area (TPSA) is 52.6 Å². The average Bonchev–Trinajstić information content (AvgIpc) is 2.63. The standard InChI is InChI=1S/C21H37ClO4/c1-4-6-8-10-12-14-20(23)25-16-18(3)19(22)17-26-21(24)15-13-11-9-7-5-2/h4-17H2,1-3H3/b19-18-. The Labute approximate surface area is 164 Å². The molecule has 0 saturated carbocycles. The van der Waals surface area contributed by atoms with Gasteiger partial charge in [0.25, 0.3) is 0 Å². The van der Waals surface area contributed by atoms with E-state index in [1.807, 2.05) is 0 Å². The summed E-state index contributed by atoms with van der Waals surface area (Å²) in [6, 6.07) is 0. The van der Waals surface area contributed by atoms with Crippen LogP contribution >= 0.6 is 11.6 Å². The van der Waals surface area contributed by atoms with Crippen molar-refractivity contribution in [2.75, 3.05) is 13.2 Å². The second-order valence-corrected chi connectivity index (χ2v) is 7.29. The molecule has 0 aliphatic carbocycles. The second-order valence-electron chi connectivity index (χ2n) is 6.84. The number of hydrogen-bond acceptors (Lipinski definition) is 4. The highest BCUT2D eigenvalue weighted by Gasteiger charge is 2.08. The normalized spacial score (nSPS) is 11.8. The smallest absolute Gasteiger partial charge is 0.306 e. The summed E-state index contributed by atoms with van der Waals surface area (Å²) in [4.78, 5) is 23.4. The summed E-state index contributed by atoms with van der Waals surface area (Å²) in [5.41, 5.74) is 0.724. The van der Waals surface area contributed by atoms with Crippen LogP contribution in [0, 0.1) is 0 Å². The zero-order valence-electron chi connectivity index (χ0n) is 16.9. The van der Waals surface area contributed by atoms with Crippen LogP contribution < -0.4 is 0 Å². The Morgan fingerprint density at radius 1 is 0.692 bits per heavy atom. The lowest BCUT2D eigenvalue weighted by Gasteiger charge is -2.09. The summed E-state index contributed by atoms with van der Waals surface area (Å²) in [6.07, 6.45) is 11.8. The van der Waals surface area contributed by atoms with Crippen molar-refractivity contribution < 1.29 is 19.1 Å². The molecule has 0 aromatic heterocycles. The van der Waals surface area contributed by atoms with Crippen LogP contribution in [0.25, 0.3) is 0 Å². The van der Waals surface area contributed by atoms with Crippen LogP contribution in [0.2, 0.25) is 0 Å². The van der Waals surface area contributed by atoms with Crippen LogP contribution in [0.5, 0.6) is 0 Å².